The molecule has 82 valence electrons. The van der Waals surface area contributed by atoms with Gasteiger partial charge in [-0.25, -0.2) is 0 Å². The maximum atomic E-state index is 6.17. The average Bonchev–Trinajstić information content (AvgIpc) is 2.30. The Morgan fingerprint density at radius 2 is 1.69 bits per heavy atom. The molecule has 1 heterocycles. The highest BCUT2D eigenvalue weighted by Crippen LogP contribution is 2.19. The first kappa shape index (κ1) is 11.5. The van der Waals surface area contributed by atoms with Crippen molar-refractivity contribution in [3.63, 3.8) is 0 Å². The lowest BCUT2D eigenvalue weighted by Gasteiger charge is -2.12. The van der Waals surface area contributed by atoms with E-state index in [1.165, 1.54) is 3.57 Å². The summed E-state index contributed by atoms with van der Waals surface area (Å²) in [6, 6.07) is 12.2. The molecule has 1 unspecified atom stereocenters. The van der Waals surface area contributed by atoms with E-state index in [-0.39, 0.29) is 6.04 Å². The summed E-state index contributed by atoms with van der Waals surface area (Å²) in [5.41, 5.74) is 9.35. The van der Waals surface area contributed by atoms with E-state index in [0.29, 0.717) is 0 Å². The third-order valence-corrected chi connectivity index (χ3v) is 3.24. The zero-order valence-corrected chi connectivity index (χ0v) is 11.2. The summed E-state index contributed by atoms with van der Waals surface area (Å²) >= 11 is 2.29. The van der Waals surface area contributed by atoms with Crippen LogP contribution in [0.3, 0.4) is 0 Å². The van der Waals surface area contributed by atoms with Crippen LogP contribution in [-0.4, -0.2) is 4.98 Å². The van der Waals surface area contributed by atoms with Crippen molar-refractivity contribution >= 4 is 22.6 Å². The largest absolute Gasteiger partial charge is 0.320 e. The van der Waals surface area contributed by atoms with Gasteiger partial charge < -0.3 is 5.73 Å². The zero-order valence-electron chi connectivity index (χ0n) is 9.02. The Kier molecular flexibility index (Phi) is 3.56. The first-order valence-electron chi connectivity index (χ1n) is 5.10. The molecule has 16 heavy (non-hydrogen) atoms. The first-order chi connectivity index (χ1) is 7.66. The highest BCUT2D eigenvalue weighted by Gasteiger charge is 2.08. The Morgan fingerprint density at radius 3 is 2.25 bits per heavy atom. The van der Waals surface area contributed by atoms with E-state index in [9.17, 15) is 0 Å². The second-order valence-corrected chi connectivity index (χ2v) is 5.01. The lowest BCUT2D eigenvalue weighted by molar-refractivity contribution is 0.860. The number of nitrogens with two attached hydrogens (primary N) is 1. The number of aryl methyl sites for hydroxylation is 1. The van der Waals surface area contributed by atoms with Crippen LogP contribution in [0.4, 0.5) is 0 Å². The van der Waals surface area contributed by atoms with Crippen LogP contribution in [0, 0.1) is 10.5 Å². The maximum absolute atomic E-state index is 6.17. The first-order valence-corrected chi connectivity index (χ1v) is 6.18. The molecule has 3 heteroatoms. The van der Waals surface area contributed by atoms with Crippen LogP contribution in [0.1, 0.15) is 22.9 Å². The molecule has 0 spiro atoms. The van der Waals surface area contributed by atoms with Crippen LogP contribution in [0.25, 0.3) is 0 Å². The quantitative estimate of drug-likeness (QED) is 0.863. The summed E-state index contributed by atoms with van der Waals surface area (Å²) in [5.74, 6) is 0. The fraction of sp³-hybridized carbons (Fsp3) is 0.154. The van der Waals surface area contributed by atoms with Crippen LogP contribution in [0.2, 0.25) is 0 Å². The van der Waals surface area contributed by atoms with E-state index < -0.39 is 0 Å². The van der Waals surface area contributed by atoms with Crippen LogP contribution >= 0.6 is 22.6 Å². The molecule has 1 aromatic heterocycles. The van der Waals surface area contributed by atoms with Crippen LogP contribution in [-0.2, 0) is 0 Å². The number of hydrogen-bond acceptors (Lipinski definition) is 2. The van der Waals surface area contributed by atoms with Gasteiger partial charge in [0.15, 0.2) is 0 Å². The molecule has 2 nitrogen and oxygen atoms in total. The summed E-state index contributed by atoms with van der Waals surface area (Å²) in [6.07, 6.45) is 1.85. The molecule has 0 aliphatic carbocycles. The van der Waals surface area contributed by atoms with Crippen LogP contribution in [0.15, 0.2) is 42.6 Å². The Bertz CT molecular complexity index is 417. The number of rotatable bonds is 2. The van der Waals surface area contributed by atoms with Crippen molar-refractivity contribution in [3.05, 3.63) is 63.0 Å². The van der Waals surface area contributed by atoms with Gasteiger partial charge in [0, 0.05) is 15.5 Å². The molecule has 0 bridgehead atoms. The van der Waals surface area contributed by atoms with E-state index in [1.807, 2.05) is 25.3 Å². The van der Waals surface area contributed by atoms with Crippen molar-refractivity contribution in [1.29, 1.82) is 0 Å². The van der Waals surface area contributed by atoms with Gasteiger partial charge in [-0.3, -0.25) is 4.98 Å². The highest BCUT2D eigenvalue weighted by atomic mass is 127. The predicted octanol–water partition coefficient (Wildman–Crippen LogP) is 3.04. The summed E-state index contributed by atoms with van der Waals surface area (Å²) in [4.78, 5) is 4.26. The Balaban J connectivity index is 2.28. The molecule has 0 aliphatic heterocycles. The van der Waals surface area contributed by atoms with Crippen molar-refractivity contribution in [2.45, 2.75) is 13.0 Å². The number of hydrogen-bond donors (Lipinski definition) is 1. The van der Waals surface area contributed by atoms with E-state index in [2.05, 4.69) is 51.8 Å². The second-order valence-electron chi connectivity index (χ2n) is 3.76. The molecule has 2 N–H and O–H groups in total. The SMILES string of the molecule is Cc1ccc(C(N)c2ccc(I)cc2)cn1. The second kappa shape index (κ2) is 4.93. The summed E-state index contributed by atoms with van der Waals surface area (Å²) in [5, 5.41) is 0. The molecule has 0 fully saturated rings. The van der Waals surface area contributed by atoms with Gasteiger partial charge in [-0.1, -0.05) is 18.2 Å². The van der Waals surface area contributed by atoms with Crippen molar-refractivity contribution in [2.24, 2.45) is 5.73 Å². The van der Waals surface area contributed by atoms with Gasteiger partial charge in [-0.05, 0) is 58.8 Å². The number of benzene rings is 1. The Hall–Kier alpha value is -0.940. The van der Waals surface area contributed by atoms with Gasteiger partial charge in [0.2, 0.25) is 0 Å². The van der Waals surface area contributed by atoms with E-state index in [4.69, 9.17) is 5.73 Å². The summed E-state index contributed by atoms with van der Waals surface area (Å²) in [6.45, 7) is 1.97. The van der Waals surface area contributed by atoms with Gasteiger partial charge >= 0.3 is 0 Å². The molecular formula is C13H13IN2. The molecule has 0 radical (unpaired) electrons. The molecular weight excluding hydrogens is 311 g/mol. The van der Waals surface area contributed by atoms with E-state index >= 15 is 0 Å². The van der Waals surface area contributed by atoms with Gasteiger partial charge in [0.25, 0.3) is 0 Å². The van der Waals surface area contributed by atoms with Crippen LogP contribution in [0.5, 0.6) is 0 Å². The monoisotopic (exact) mass is 324 g/mol. The molecule has 0 saturated heterocycles. The third kappa shape index (κ3) is 2.59. The normalized spacial score (nSPS) is 12.4. The average molecular weight is 324 g/mol. The Morgan fingerprint density at radius 1 is 1.06 bits per heavy atom. The predicted molar refractivity (Wildman–Crippen MR) is 74.2 cm³/mol. The molecule has 0 saturated carbocycles. The fourth-order valence-electron chi connectivity index (χ4n) is 1.53. The minimum absolute atomic E-state index is 0.0925. The van der Waals surface area contributed by atoms with Gasteiger partial charge in [-0.15, -0.1) is 0 Å². The van der Waals surface area contributed by atoms with Gasteiger partial charge in [0.1, 0.15) is 0 Å². The van der Waals surface area contributed by atoms with Gasteiger partial charge in [-0.2, -0.15) is 0 Å². The number of pyridine rings is 1. The number of aromatic nitrogens is 1. The molecule has 1 aromatic carbocycles. The van der Waals surface area contributed by atoms with Crippen LogP contribution < -0.4 is 5.73 Å². The van der Waals surface area contributed by atoms with E-state index in [1.54, 1.807) is 0 Å². The molecule has 1 atom stereocenters. The fourth-order valence-corrected chi connectivity index (χ4v) is 1.89. The minimum Gasteiger partial charge on any atom is -0.320 e. The smallest absolute Gasteiger partial charge is 0.0566 e. The topological polar surface area (TPSA) is 38.9 Å². The molecule has 2 aromatic rings. The maximum Gasteiger partial charge on any atom is 0.0566 e. The molecule has 2 rings (SSSR count). The summed E-state index contributed by atoms with van der Waals surface area (Å²) in [7, 11) is 0. The minimum atomic E-state index is -0.0925. The van der Waals surface area contributed by atoms with Crippen molar-refractivity contribution in [3.8, 4) is 0 Å². The Labute approximate surface area is 109 Å². The highest BCUT2D eigenvalue weighted by molar-refractivity contribution is 14.1. The van der Waals surface area contributed by atoms with Crippen molar-refractivity contribution < 1.29 is 0 Å². The summed E-state index contributed by atoms with van der Waals surface area (Å²) < 4.78 is 1.22. The van der Waals surface area contributed by atoms with Crippen molar-refractivity contribution in [1.82, 2.24) is 4.98 Å². The third-order valence-electron chi connectivity index (χ3n) is 2.52. The lowest BCUT2D eigenvalue weighted by atomic mass is 10.0. The van der Waals surface area contributed by atoms with E-state index in [0.717, 1.165) is 16.8 Å². The lowest BCUT2D eigenvalue weighted by Crippen LogP contribution is -2.12. The molecule has 0 amide bonds. The number of halogens is 1. The van der Waals surface area contributed by atoms with Gasteiger partial charge in [0.05, 0.1) is 6.04 Å². The van der Waals surface area contributed by atoms with Crippen molar-refractivity contribution in [2.75, 3.05) is 0 Å². The number of nitrogens with zero attached hydrogens (tertiary/aromatic N) is 1. The zero-order chi connectivity index (χ0) is 11.5. The standard InChI is InChI=1S/C13H13IN2/c1-9-2-3-11(8-16-9)13(15)10-4-6-12(14)7-5-10/h2-8,13H,15H2,1H3. The molecule has 0 aliphatic rings.